The minimum absolute atomic E-state index is 0.0211. The molecule has 1 saturated heterocycles. The molecule has 0 aliphatic carbocycles. The number of aryl methyl sites for hydroxylation is 1. The molecule has 1 unspecified atom stereocenters. The van der Waals surface area contributed by atoms with Gasteiger partial charge in [0, 0.05) is 25.1 Å². The fourth-order valence-corrected chi connectivity index (χ4v) is 4.18. The van der Waals surface area contributed by atoms with Gasteiger partial charge in [-0.1, -0.05) is 24.3 Å². The lowest BCUT2D eigenvalue weighted by atomic mass is 9.90. The monoisotopic (exact) mass is 391 g/mol. The van der Waals surface area contributed by atoms with Crippen LogP contribution in [0.1, 0.15) is 42.9 Å². The summed E-state index contributed by atoms with van der Waals surface area (Å²) in [7, 11) is 2.07. The summed E-state index contributed by atoms with van der Waals surface area (Å²) in [6.07, 6.45) is 2.06. The van der Waals surface area contributed by atoms with Crippen molar-refractivity contribution in [3.8, 4) is 5.75 Å². The molecule has 5 nitrogen and oxygen atoms in total. The molecule has 1 aliphatic heterocycles. The van der Waals surface area contributed by atoms with Gasteiger partial charge in [0.2, 0.25) is 0 Å². The Hall–Kier alpha value is -2.66. The van der Waals surface area contributed by atoms with Crippen LogP contribution < -0.4 is 4.74 Å². The average Bonchev–Trinajstić information content (AvgIpc) is 3.03. The van der Waals surface area contributed by atoms with E-state index in [1.165, 1.54) is 0 Å². The van der Waals surface area contributed by atoms with Gasteiger partial charge in [-0.3, -0.25) is 9.69 Å². The number of hydrogen-bond donors (Lipinski definition) is 0. The lowest BCUT2D eigenvalue weighted by molar-refractivity contribution is 0.0807. The molecule has 0 N–H and O–H groups in total. The summed E-state index contributed by atoms with van der Waals surface area (Å²) in [5.41, 5.74) is 2.92. The Kier molecular flexibility index (Phi) is 5.67. The van der Waals surface area contributed by atoms with E-state index in [-0.39, 0.29) is 17.8 Å². The fourth-order valence-electron chi connectivity index (χ4n) is 4.18. The number of Topliss-reactive ketones (excluding diaryl/α,β-unsaturated/α-hetero) is 1. The van der Waals surface area contributed by atoms with Crippen LogP contribution >= 0.6 is 0 Å². The van der Waals surface area contributed by atoms with Crippen molar-refractivity contribution >= 4 is 16.8 Å². The van der Waals surface area contributed by atoms with Crippen LogP contribution in [0.25, 0.3) is 11.0 Å². The van der Waals surface area contributed by atoms with Crippen LogP contribution in [0.4, 0.5) is 0 Å². The summed E-state index contributed by atoms with van der Waals surface area (Å²) in [6, 6.07) is 15.8. The van der Waals surface area contributed by atoms with E-state index in [9.17, 15) is 4.79 Å². The number of piperidine rings is 1. The third kappa shape index (κ3) is 4.35. The second kappa shape index (κ2) is 8.37. The SMILES string of the molecule is CC(C)Oc1cccc(C(=O)C2CCCN(Cc3nc4ccccc4n3C)C2)c1. The number of aromatic nitrogens is 2. The predicted octanol–water partition coefficient (Wildman–Crippen LogP) is 4.46. The molecule has 29 heavy (non-hydrogen) atoms. The van der Waals surface area contributed by atoms with Gasteiger partial charge in [-0.25, -0.2) is 4.98 Å². The topological polar surface area (TPSA) is 47.4 Å². The molecule has 1 atom stereocenters. The summed E-state index contributed by atoms with van der Waals surface area (Å²) in [5, 5.41) is 0. The highest BCUT2D eigenvalue weighted by Gasteiger charge is 2.27. The highest BCUT2D eigenvalue weighted by molar-refractivity contribution is 5.98. The summed E-state index contributed by atoms with van der Waals surface area (Å²) >= 11 is 0. The number of likely N-dealkylation sites (tertiary alicyclic amines) is 1. The zero-order chi connectivity index (χ0) is 20.4. The van der Waals surface area contributed by atoms with Gasteiger partial charge in [-0.15, -0.1) is 0 Å². The van der Waals surface area contributed by atoms with Crippen LogP contribution in [0.15, 0.2) is 48.5 Å². The molecular weight excluding hydrogens is 362 g/mol. The molecule has 1 aromatic heterocycles. The minimum Gasteiger partial charge on any atom is -0.491 e. The maximum atomic E-state index is 13.1. The first-order valence-corrected chi connectivity index (χ1v) is 10.4. The summed E-state index contributed by atoms with van der Waals surface area (Å²) in [6.45, 7) is 6.54. The Balaban J connectivity index is 1.46. The number of ketones is 1. The van der Waals surface area contributed by atoms with Crippen molar-refractivity contribution in [2.45, 2.75) is 39.3 Å². The lowest BCUT2D eigenvalue weighted by Crippen LogP contribution is -2.38. The number of benzene rings is 2. The molecule has 0 amide bonds. The molecule has 0 saturated carbocycles. The van der Waals surface area contributed by atoms with Crippen LogP contribution in [0.5, 0.6) is 5.75 Å². The quantitative estimate of drug-likeness (QED) is 0.582. The minimum atomic E-state index is 0.0211. The summed E-state index contributed by atoms with van der Waals surface area (Å²) < 4.78 is 7.92. The molecule has 4 rings (SSSR count). The summed E-state index contributed by atoms with van der Waals surface area (Å²) in [5.74, 6) is 2.05. The van der Waals surface area contributed by atoms with E-state index in [0.29, 0.717) is 0 Å². The van der Waals surface area contributed by atoms with Crippen molar-refractivity contribution in [1.29, 1.82) is 0 Å². The molecule has 0 radical (unpaired) electrons. The Morgan fingerprint density at radius 1 is 1.21 bits per heavy atom. The highest BCUT2D eigenvalue weighted by Crippen LogP contribution is 2.25. The molecule has 1 fully saturated rings. The van der Waals surface area contributed by atoms with Gasteiger partial charge >= 0.3 is 0 Å². The maximum Gasteiger partial charge on any atom is 0.167 e. The first-order valence-electron chi connectivity index (χ1n) is 10.4. The van der Waals surface area contributed by atoms with E-state index in [2.05, 4.69) is 22.6 Å². The van der Waals surface area contributed by atoms with Gasteiger partial charge in [-0.2, -0.15) is 0 Å². The van der Waals surface area contributed by atoms with Crippen LogP contribution in [0.3, 0.4) is 0 Å². The number of carbonyl (C=O) groups is 1. The van der Waals surface area contributed by atoms with Crippen LogP contribution in [-0.4, -0.2) is 39.4 Å². The number of ether oxygens (including phenoxy) is 1. The van der Waals surface area contributed by atoms with Crippen molar-refractivity contribution in [3.63, 3.8) is 0 Å². The van der Waals surface area contributed by atoms with Crippen LogP contribution in [0, 0.1) is 5.92 Å². The second-order valence-electron chi connectivity index (χ2n) is 8.21. The molecule has 152 valence electrons. The number of imidazole rings is 1. The molecule has 1 aliphatic rings. The van der Waals surface area contributed by atoms with Crippen molar-refractivity contribution in [2.75, 3.05) is 13.1 Å². The van der Waals surface area contributed by atoms with Crippen LogP contribution in [-0.2, 0) is 13.6 Å². The van der Waals surface area contributed by atoms with E-state index in [0.717, 1.165) is 60.6 Å². The van der Waals surface area contributed by atoms with Gasteiger partial charge in [0.05, 0.1) is 23.7 Å². The Labute approximate surface area is 172 Å². The number of rotatable bonds is 6. The highest BCUT2D eigenvalue weighted by atomic mass is 16.5. The smallest absolute Gasteiger partial charge is 0.167 e. The zero-order valence-electron chi connectivity index (χ0n) is 17.5. The number of nitrogens with zero attached hydrogens (tertiary/aromatic N) is 3. The number of para-hydroxylation sites is 2. The summed E-state index contributed by atoms with van der Waals surface area (Å²) in [4.78, 5) is 20.3. The van der Waals surface area contributed by atoms with Crippen molar-refractivity contribution in [3.05, 3.63) is 59.9 Å². The third-order valence-corrected chi connectivity index (χ3v) is 5.61. The first-order chi connectivity index (χ1) is 14.0. The maximum absolute atomic E-state index is 13.1. The Morgan fingerprint density at radius 3 is 2.83 bits per heavy atom. The number of carbonyl (C=O) groups excluding carboxylic acids is 1. The lowest BCUT2D eigenvalue weighted by Gasteiger charge is -2.31. The molecule has 0 bridgehead atoms. The number of hydrogen-bond acceptors (Lipinski definition) is 4. The van der Waals surface area contributed by atoms with E-state index in [1.807, 2.05) is 56.3 Å². The molecule has 2 aromatic carbocycles. The van der Waals surface area contributed by atoms with Crippen LogP contribution in [0.2, 0.25) is 0 Å². The largest absolute Gasteiger partial charge is 0.491 e. The number of fused-ring (bicyclic) bond motifs is 1. The molecular formula is C24H29N3O2. The van der Waals surface area contributed by atoms with E-state index >= 15 is 0 Å². The van der Waals surface area contributed by atoms with Gasteiger partial charge in [0.15, 0.2) is 5.78 Å². The van der Waals surface area contributed by atoms with Crippen molar-refractivity contribution < 1.29 is 9.53 Å². The van der Waals surface area contributed by atoms with E-state index in [1.54, 1.807) is 0 Å². The van der Waals surface area contributed by atoms with Crippen molar-refractivity contribution in [1.82, 2.24) is 14.5 Å². The Morgan fingerprint density at radius 2 is 2.03 bits per heavy atom. The normalized spacial score (nSPS) is 17.7. The standard InChI is InChI=1S/C24H29N3O2/c1-17(2)29-20-10-6-8-18(14-20)24(28)19-9-7-13-27(15-19)16-23-25-21-11-4-5-12-22(21)26(23)3/h4-6,8,10-12,14,17,19H,7,9,13,15-16H2,1-3H3. The predicted molar refractivity (Wildman–Crippen MR) is 115 cm³/mol. The van der Waals surface area contributed by atoms with Gasteiger partial charge < -0.3 is 9.30 Å². The van der Waals surface area contributed by atoms with Gasteiger partial charge in [0.25, 0.3) is 0 Å². The van der Waals surface area contributed by atoms with Crippen molar-refractivity contribution in [2.24, 2.45) is 13.0 Å². The zero-order valence-corrected chi connectivity index (χ0v) is 17.5. The van der Waals surface area contributed by atoms with Gasteiger partial charge in [-0.05, 0) is 57.5 Å². The van der Waals surface area contributed by atoms with Gasteiger partial charge in [0.1, 0.15) is 11.6 Å². The fraction of sp³-hybridized carbons (Fsp3) is 0.417. The van der Waals surface area contributed by atoms with E-state index in [4.69, 9.17) is 9.72 Å². The molecule has 0 spiro atoms. The molecule has 3 aromatic rings. The molecule has 2 heterocycles. The Bertz CT molecular complexity index is 1010. The average molecular weight is 392 g/mol. The third-order valence-electron chi connectivity index (χ3n) is 5.61. The molecule has 5 heteroatoms. The van der Waals surface area contributed by atoms with E-state index < -0.39 is 0 Å². The second-order valence-corrected chi connectivity index (χ2v) is 8.21. The first kappa shape index (κ1) is 19.6.